The number of carboxylic acids is 1. The normalized spacial score (nSPS) is 45.6. The van der Waals surface area contributed by atoms with Gasteiger partial charge < -0.3 is 10.2 Å². The third kappa shape index (κ3) is 1.61. The second kappa shape index (κ2) is 3.14. The number of hydrogen-bond acceptors (Lipinski definition) is 2. The van der Waals surface area contributed by atoms with Crippen molar-refractivity contribution in [3.8, 4) is 0 Å². The zero-order chi connectivity index (χ0) is 9.42. The Bertz CT molecular complexity index is 247. The lowest BCUT2D eigenvalue weighted by Gasteiger charge is -2.06. The van der Waals surface area contributed by atoms with Crippen LogP contribution in [0.3, 0.4) is 0 Å². The van der Waals surface area contributed by atoms with Crippen LogP contribution in [0, 0.1) is 17.8 Å². The lowest BCUT2D eigenvalue weighted by molar-refractivity contribution is -0.139. The number of aliphatic carboxylic acids is 1. The lowest BCUT2D eigenvalue weighted by atomic mass is 10.0. The molecule has 2 rings (SSSR count). The number of carbonyl (C=O) groups is 1. The molecule has 72 valence electrons. The first-order valence-corrected chi connectivity index (χ1v) is 4.77. The monoisotopic (exact) mass is 182 g/mol. The van der Waals surface area contributed by atoms with Crippen LogP contribution in [0.1, 0.15) is 19.3 Å². The molecule has 0 aromatic heterocycles. The van der Waals surface area contributed by atoms with Crippen LogP contribution in [0.2, 0.25) is 0 Å². The van der Waals surface area contributed by atoms with Gasteiger partial charge in [-0.15, -0.1) is 0 Å². The molecule has 4 atom stereocenters. The van der Waals surface area contributed by atoms with E-state index in [2.05, 4.69) is 0 Å². The second-order valence-corrected chi connectivity index (χ2v) is 4.00. The van der Waals surface area contributed by atoms with Crippen molar-refractivity contribution >= 4 is 5.97 Å². The first kappa shape index (κ1) is 8.75. The van der Waals surface area contributed by atoms with E-state index in [1.54, 1.807) is 6.08 Å². The summed E-state index contributed by atoms with van der Waals surface area (Å²) in [7, 11) is 0. The fourth-order valence-electron chi connectivity index (χ4n) is 2.38. The van der Waals surface area contributed by atoms with Gasteiger partial charge in [-0.2, -0.15) is 0 Å². The lowest BCUT2D eigenvalue weighted by Crippen LogP contribution is -2.04. The van der Waals surface area contributed by atoms with E-state index in [0.717, 1.165) is 12.8 Å². The summed E-state index contributed by atoms with van der Waals surface area (Å²) >= 11 is 0. The Morgan fingerprint density at radius 1 is 1.31 bits per heavy atom. The van der Waals surface area contributed by atoms with Crippen LogP contribution in [0.5, 0.6) is 0 Å². The topological polar surface area (TPSA) is 57.5 Å². The van der Waals surface area contributed by atoms with E-state index in [1.165, 1.54) is 0 Å². The van der Waals surface area contributed by atoms with Crippen molar-refractivity contribution in [2.24, 2.45) is 17.8 Å². The molecule has 3 nitrogen and oxygen atoms in total. The molecule has 0 amide bonds. The fraction of sp³-hybridized carbons (Fsp3) is 0.700. The molecule has 0 saturated heterocycles. The molecule has 0 heterocycles. The van der Waals surface area contributed by atoms with Gasteiger partial charge in [-0.3, -0.25) is 4.79 Å². The molecule has 1 saturated carbocycles. The van der Waals surface area contributed by atoms with E-state index < -0.39 is 5.97 Å². The van der Waals surface area contributed by atoms with Gasteiger partial charge in [0.2, 0.25) is 0 Å². The van der Waals surface area contributed by atoms with E-state index >= 15 is 0 Å². The van der Waals surface area contributed by atoms with Crippen molar-refractivity contribution in [1.29, 1.82) is 0 Å². The van der Waals surface area contributed by atoms with Gasteiger partial charge >= 0.3 is 5.97 Å². The summed E-state index contributed by atoms with van der Waals surface area (Å²) in [5.41, 5.74) is 0. The molecule has 0 spiro atoms. The standard InChI is InChI=1S/C10H14O3/c11-6-2-1-3-7-8(5-4-6)9(7)10(12)13/h1-2,6-9,11H,3-5H2,(H,12,13)/b2-1+. The second-order valence-electron chi connectivity index (χ2n) is 4.00. The molecule has 1 fully saturated rings. The van der Waals surface area contributed by atoms with Crippen LogP contribution in [0.25, 0.3) is 0 Å². The van der Waals surface area contributed by atoms with Crippen molar-refractivity contribution in [1.82, 2.24) is 0 Å². The minimum absolute atomic E-state index is 0.144. The first-order chi connectivity index (χ1) is 6.20. The molecule has 2 aliphatic carbocycles. The maximum absolute atomic E-state index is 10.7. The van der Waals surface area contributed by atoms with E-state index in [4.69, 9.17) is 5.11 Å². The van der Waals surface area contributed by atoms with Crippen LogP contribution < -0.4 is 0 Å². The Balaban J connectivity index is 2.00. The minimum atomic E-state index is -0.667. The fourth-order valence-corrected chi connectivity index (χ4v) is 2.38. The van der Waals surface area contributed by atoms with Crippen molar-refractivity contribution in [2.45, 2.75) is 25.4 Å². The van der Waals surface area contributed by atoms with Crippen LogP contribution in [0.4, 0.5) is 0 Å². The van der Waals surface area contributed by atoms with Crippen LogP contribution in [-0.2, 0) is 4.79 Å². The first-order valence-electron chi connectivity index (χ1n) is 4.77. The Hall–Kier alpha value is -0.830. The third-order valence-corrected chi connectivity index (χ3v) is 3.18. The van der Waals surface area contributed by atoms with Crippen LogP contribution in [0.15, 0.2) is 12.2 Å². The van der Waals surface area contributed by atoms with Gasteiger partial charge in [-0.1, -0.05) is 12.2 Å². The molecule has 0 aromatic carbocycles. The van der Waals surface area contributed by atoms with Gasteiger partial charge in [0.25, 0.3) is 0 Å². The van der Waals surface area contributed by atoms with E-state index in [1.807, 2.05) is 6.08 Å². The van der Waals surface area contributed by atoms with Gasteiger partial charge in [-0.05, 0) is 31.1 Å². The zero-order valence-corrected chi connectivity index (χ0v) is 7.39. The van der Waals surface area contributed by atoms with Crippen LogP contribution >= 0.6 is 0 Å². The smallest absolute Gasteiger partial charge is 0.307 e. The van der Waals surface area contributed by atoms with E-state index in [-0.39, 0.29) is 12.0 Å². The van der Waals surface area contributed by atoms with Gasteiger partial charge in [0, 0.05) is 0 Å². The van der Waals surface area contributed by atoms with Crippen molar-refractivity contribution in [3.05, 3.63) is 12.2 Å². The maximum Gasteiger partial charge on any atom is 0.307 e. The number of carboxylic acid groups (broad SMARTS) is 1. The molecule has 13 heavy (non-hydrogen) atoms. The molecule has 0 aliphatic heterocycles. The number of aliphatic hydroxyl groups excluding tert-OH is 1. The van der Waals surface area contributed by atoms with Gasteiger partial charge in [0.15, 0.2) is 0 Å². The highest BCUT2D eigenvalue weighted by atomic mass is 16.4. The van der Waals surface area contributed by atoms with Crippen LogP contribution in [-0.4, -0.2) is 22.3 Å². The maximum atomic E-state index is 10.7. The summed E-state index contributed by atoms with van der Waals surface area (Å²) in [6.07, 6.45) is 5.72. The Morgan fingerprint density at radius 2 is 2.08 bits per heavy atom. The van der Waals surface area contributed by atoms with Crippen molar-refractivity contribution in [3.63, 3.8) is 0 Å². The predicted octanol–water partition coefficient (Wildman–Crippen LogP) is 1.03. The molecule has 0 bridgehead atoms. The average molecular weight is 182 g/mol. The molecule has 0 aromatic rings. The molecule has 2 N–H and O–H groups in total. The average Bonchev–Trinajstić information content (AvgIpc) is 2.70. The summed E-state index contributed by atoms with van der Waals surface area (Å²) in [6.45, 7) is 0. The minimum Gasteiger partial charge on any atom is -0.481 e. The largest absolute Gasteiger partial charge is 0.481 e. The molecular weight excluding hydrogens is 168 g/mol. The van der Waals surface area contributed by atoms with Crippen molar-refractivity contribution in [2.75, 3.05) is 0 Å². The summed E-state index contributed by atoms with van der Waals surface area (Å²) in [4.78, 5) is 10.7. The zero-order valence-electron chi connectivity index (χ0n) is 7.39. The Labute approximate surface area is 77.1 Å². The Kier molecular flexibility index (Phi) is 2.12. The molecule has 0 radical (unpaired) electrons. The number of hydrogen-bond donors (Lipinski definition) is 2. The van der Waals surface area contributed by atoms with Gasteiger partial charge in [0.05, 0.1) is 12.0 Å². The summed E-state index contributed by atoms with van der Waals surface area (Å²) in [5.74, 6) is -0.159. The molecule has 2 aliphatic rings. The summed E-state index contributed by atoms with van der Waals surface area (Å²) in [6, 6.07) is 0. The van der Waals surface area contributed by atoms with E-state index in [9.17, 15) is 9.90 Å². The SMILES string of the molecule is O=C(O)C1C2C/C=C/C(O)CCC21. The van der Waals surface area contributed by atoms with Crippen molar-refractivity contribution < 1.29 is 15.0 Å². The highest BCUT2D eigenvalue weighted by Crippen LogP contribution is 2.52. The Morgan fingerprint density at radius 3 is 2.77 bits per heavy atom. The third-order valence-electron chi connectivity index (χ3n) is 3.18. The summed E-state index contributed by atoms with van der Waals surface area (Å²) < 4.78 is 0. The number of aliphatic hydroxyl groups is 1. The van der Waals surface area contributed by atoms with Gasteiger partial charge in [-0.25, -0.2) is 0 Å². The number of rotatable bonds is 1. The molecular formula is C10H14O3. The molecule has 3 heteroatoms. The predicted molar refractivity (Wildman–Crippen MR) is 47.1 cm³/mol. The highest BCUT2D eigenvalue weighted by molar-refractivity contribution is 5.74. The van der Waals surface area contributed by atoms with E-state index in [0.29, 0.717) is 18.3 Å². The number of allylic oxidation sites excluding steroid dienone is 1. The molecule has 4 unspecified atom stereocenters. The quantitative estimate of drug-likeness (QED) is 0.595. The van der Waals surface area contributed by atoms with Gasteiger partial charge in [0.1, 0.15) is 0 Å². The number of fused-ring (bicyclic) bond motifs is 1. The highest BCUT2D eigenvalue weighted by Gasteiger charge is 2.53. The summed E-state index contributed by atoms with van der Waals surface area (Å²) in [5, 5.41) is 18.2.